The van der Waals surface area contributed by atoms with Crippen molar-refractivity contribution in [1.82, 2.24) is 0 Å². The first kappa shape index (κ1) is 7.50. The first-order chi connectivity index (χ1) is 4.74. The summed E-state index contributed by atoms with van der Waals surface area (Å²) in [4.78, 5) is 10.6. The van der Waals surface area contributed by atoms with E-state index in [2.05, 4.69) is 0 Å². The van der Waals surface area contributed by atoms with Crippen molar-refractivity contribution in [3.05, 3.63) is 0 Å². The van der Waals surface area contributed by atoms with Crippen molar-refractivity contribution >= 4 is 5.97 Å². The molecule has 0 amide bonds. The SMILES string of the molecule is CCOC1OC(=O)C[C@@H]1N. The van der Waals surface area contributed by atoms with Crippen molar-refractivity contribution in [1.29, 1.82) is 0 Å². The Morgan fingerprint density at radius 3 is 3.00 bits per heavy atom. The molecule has 1 unspecified atom stereocenters. The Bertz CT molecular complexity index is 137. The monoisotopic (exact) mass is 145 g/mol. The van der Waals surface area contributed by atoms with Crippen molar-refractivity contribution < 1.29 is 14.3 Å². The van der Waals surface area contributed by atoms with Gasteiger partial charge in [0.05, 0.1) is 12.5 Å². The van der Waals surface area contributed by atoms with Crippen molar-refractivity contribution in [2.75, 3.05) is 6.61 Å². The first-order valence-corrected chi connectivity index (χ1v) is 3.30. The Kier molecular flexibility index (Phi) is 2.24. The zero-order valence-electron chi connectivity index (χ0n) is 5.87. The average Bonchev–Trinajstić information content (AvgIpc) is 2.13. The van der Waals surface area contributed by atoms with Gasteiger partial charge in [-0.1, -0.05) is 0 Å². The normalized spacial score (nSPS) is 32.4. The maximum Gasteiger partial charge on any atom is 0.309 e. The standard InChI is InChI=1S/C6H11NO3/c1-2-9-6-4(7)3-5(8)10-6/h4,6H,2-3,7H2,1H3/t4-,6?/m0/s1. The molecule has 1 fully saturated rings. The minimum Gasteiger partial charge on any atom is -0.434 e. The van der Waals surface area contributed by atoms with E-state index in [4.69, 9.17) is 15.2 Å². The molecule has 1 aliphatic rings. The van der Waals surface area contributed by atoms with Crippen LogP contribution in [-0.2, 0) is 14.3 Å². The summed E-state index contributed by atoms with van der Waals surface area (Å²) in [5.41, 5.74) is 5.48. The Morgan fingerprint density at radius 1 is 1.90 bits per heavy atom. The van der Waals surface area contributed by atoms with Gasteiger partial charge in [-0.3, -0.25) is 4.79 Å². The van der Waals surface area contributed by atoms with E-state index in [1.54, 1.807) is 0 Å². The lowest BCUT2D eigenvalue weighted by molar-refractivity contribution is -0.162. The predicted molar refractivity (Wildman–Crippen MR) is 34.1 cm³/mol. The van der Waals surface area contributed by atoms with Gasteiger partial charge < -0.3 is 15.2 Å². The summed E-state index contributed by atoms with van der Waals surface area (Å²) < 4.78 is 9.75. The molecule has 0 aromatic carbocycles. The molecule has 0 aliphatic carbocycles. The van der Waals surface area contributed by atoms with Gasteiger partial charge >= 0.3 is 5.97 Å². The van der Waals surface area contributed by atoms with E-state index >= 15 is 0 Å². The lowest BCUT2D eigenvalue weighted by atomic mass is 10.2. The van der Waals surface area contributed by atoms with Crippen molar-refractivity contribution in [3.63, 3.8) is 0 Å². The van der Waals surface area contributed by atoms with Crippen LogP contribution in [0.5, 0.6) is 0 Å². The molecule has 10 heavy (non-hydrogen) atoms. The minimum atomic E-state index is -0.516. The smallest absolute Gasteiger partial charge is 0.309 e. The molecule has 4 nitrogen and oxygen atoms in total. The third kappa shape index (κ3) is 1.46. The van der Waals surface area contributed by atoms with Crippen LogP contribution < -0.4 is 5.73 Å². The fourth-order valence-electron chi connectivity index (χ4n) is 0.876. The van der Waals surface area contributed by atoms with E-state index in [-0.39, 0.29) is 18.4 Å². The predicted octanol–water partition coefficient (Wildman–Crippen LogP) is -0.377. The van der Waals surface area contributed by atoms with Crippen molar-refractivity contribution in [2.45, 2.75) is 25.7 Å². The zero-order valence-corrected chi connectivity index (χ0v) is 5.87. The molecule has 2 atom stereocenters. The number of cyclic esters (lactones) is 1. The molecule has 1 aliphatic heterocycles. The maximum atomic E-state index is 10.6. The topological polar surface area (TPSA) is 61.5 Å². The molecule has 0 aromatic rings. The van der Waals surface area contributed by atoms with Gasteiger partial charge in [-0.25, -0.2) is 0 Å². The van der Waals surface area contributed by atoms with Gasteiger partial charge in [-0.05, 0) is 6.92 Å². The van der Waals surface area contributed by atoms with Gasteiger partial charge in [-0.2, -0.15) is 0 Å². The number of nitrogens with two attached hydrogens (primary N) is 1. The molecule has 2 N–H and O–H groups in total. The van der Waals surface area contributed by atoms with Crippen molar-refractivity contribution in [2.24, 2.45) is 5.73 Å². The number of hydrogen-bond acceptors (Lipinski definition) is 4. The summed E-state index contributed by atoms with van der Waals surface area (Å²) in [6.07, 6.45) is -0.248. The summed E-state index contributed by atoms with van der Waals surface area (Å²) >= 11 is 0. The molecule has 0 aromatic heterocycles. The van der Waals surface area contributed by atoms with Crippen LogP contribution in [0.2, 0.25) is 0 Å². The summed E-state index contributed by atoms with van der Waals surface area (Å²) in [6, 6.07) is -0.285. The van der Waals surface area contributed by atoms with E-state index in [0.717, 1.165) is 0 Å². The van der Waals surface area contributed by atoms with Gasteiger partial charge in [0, 0.05) is 6.61 Å². The molecule has 58 valence electrons. The second-order valence-corrected chi connectivity index (χ2v) is 2.18. The summed E-state index contributed by atoms with van der Waals surface area (Å²) in [5.74, 6) is -0.272. The van der Waals surface area contributed by atoms with E-state index in [9.17, 15) is 4.79 Å². The maximum absolute atomic E-state index is 10.6. The van der Waals surface area contributed by atoms with Crippen LogP contribution in [-0.4, -0.2) is 24.9 Å². The number of rotatable bonds is 2. The molecule has 0 spiro atoms. The Morgan fingerprint density at radius 2 is 2.60 bits per heavy atom. The van der Waals surface area contributed by atoms with Crippen LogP contribution in [0.1, 0.15) is 13.3 Å². The third-order valence-corrected chi connectivity index (χ3v) is 1.33. The highest BCUT2D eigenvalue weighted by Crippen LogP contribution is 2.13. The highest BCUT2D eigenvalue weighted by molar-refractivity contribution is 5.72. The van der Waals surface area contributed by atoms with Crippen LogP contribution in [0, 0.1) is 0 Å². The number of ether oxygens (including phenoxy) is 2. The van der Waals surface area contributed by atoms with Crippen LogP contribution in [0.15, 0.2) is 0 Å². The second kappa shape index (κ2) is 2.98. The number of esters is 1. The number of carbonyl (C=O) groups excluding carboxylic acids is 1. The lowest BCUT2D eigenvalue weighted by Gasteiger charge is -2.12. The van der Waals surface area contributed by atoms with E-state index in [1.807, 2.05) is 6.92 Å². The molecule has 0 bridgehead atoms. The fraction of sp³-hybridized carbons (Fsp3) is 0.833. The Hall–Kier alpha value is -0.610. The average molecular weight is 145 g/mol. The molecule has 1 heterocycles. The largest absolute Gasteiger partial charge is 0.434 e. The van der Waals surface area contributed by atoms with Gasteiger partial charge in [0.15, 0.2) is 0 Å². The van der Waals surface area contributed by atoms with E-state index in [0.29, 0.717) is 6.61 Å². The number of hydrogen-bond donors (Lipinski definition) is 1. The highest BCUT2D eigenvalue weighted by atomic mass is 16.7. The van der Waals surface area contributed by atoms with Crippen molar-refractivity contribution in [3.8, 4) is 0 Å². The molecule has 4 heteroatoms. The zero-order chi connectivity index (χ0) is 7.56. The van der Waals surface area contributed by atoms with Crippen LogP contribution in [0.4, 0.5) is 0 Å². The summed E-state index contributed by atoms with van der Waals surface area (Å²) in [7, 11) is 0. The molecule has 0 saturated carbocycles. The van der Waals surface area contributed by atoms with Crippen LogP contribution in [0.25, 0.3) is 0 Å². The first-order valence-electron chi connectivity index (χ1n) is 3.30. The molecular formula is C6H11NO3. The van der Waals surface area contributed by atoms with Gasteiger partial charge in [-0.15, -0.1) is 0 Å². The van der Waals surface area contributed by atoms with Crippen LogP contribution >= 0.6 is 0 Å². The minimum absolute atomic E-state index is 0.269. The van der Waals surface area contributed by atoms with Gasteiger partial charge in [0.1, 0.15) is 0 Å². The molecular weight excluding hydrogens is 134 g/mol. The quantitative estimate of drug-likeness (QED) is 0.538. The fourth-order valence-corrected chi connectivity index (χ4v) is 0.876. The Labute approximate surface area is 59.3 Å². The molecule has 0 radical (unpaired) electrons. The van der Waals surface area contributed by atoms with Gasteiger partial charge in [0.25, 0.3) is 0 Å². The van der Waals surface area contributed by atoms with E-state index in [1.165, 1.54) is 0 Å². The highest BCUT2D eigenvalue weighted by Gasteiger charge is 2.32. The molecule has 1 saturated heterocycles. The summed E-state index contributed by atoms with van der Waals surface area (Å²) in [6.45, 7) is 2.35. The summed E-state index contributed by atoms with van der Waals surface area (Å²) in [5, 5.41) is 0. The van der Waals surface area contributed by atoms with Crippen LogP contribution in [0.3, 0.4) is 0 Å². The Balaban J connectivity index is 2.38. The molecule has 1 rings (SSSR count). The number of carbonyl (C=O) groups is 1. The van der Waals surface area contributed by atoms with E-state index < -0.39 is 6.29 Å². The second-order valence-electron chi connectivity index (χ2n) is 2.18. The third-order valence-electron chi connectivity index (χ3n) is 1.33. The van der Waals surface area contributed by atoms with Gasteiger partial charge in [0.2, 0.25) is 6.29 Å². The lowest BCUT2D eigenvalue weighted by Crippen LogP contribution is -2.32.